The van der Waals surface area contributed by atoms with Crippen LogP contribution in [-0.4, -0.2) is 37.7 Å². The highest BCUT2D eigenvalue weighted by Gasteiger charge is 2.07. The van der Waals surface area contributed by atoms with Crippen LogP contribution in [0.2, 0.25) is 0 Å². The fraction of sp³-hybridized carbons (Fsp3) is 0.500. The van der Waals surface area contributed by atoms with E-state index in [-0.39, 0.29) is 24.0 Å². The molecule has 6 nitrogen and oxygen atoms in total. The molecule has 0 bridgehead atoms. The van der Waals surface area contributed by atoms with Crippen molar-refractivity contribution in [3.8, 4) is 10.8 Å². The van der Waals surface area contributed by atoms with Crippen molar-refractivity contribution in [2.45, 2.75) is 26.3 Å². The van der Waals surface area contributed by atoms with Crippen molar-refractivity contribution in [1.82, 2.24) is 15.6 Å². The van der Waals surface area contributed by atoms with Gasteiger partial charge in [0, 0.05) is 26.8 Å². The van der Waals surface area contributed by atoms with E-state index in [9.17, 15) is 0 Å². The molecule has 134 valence electrons. The van der Waals surface area contributed by atoms with Crippen LogP contribution in [0.25, 0.3) is 10.8 Å². The lowest BCUT2D eigenvalue weighted by Gasteiger charge is -2.10. The summed E-state index contributed by atoms with van der Waals surface area (Å²) in [7, 11) is 1.76. The first-order chi connectivity index (χ1) is 11.3. The highest BCUT2D eigenvalue weighted by atomic mass is 127. The number of hydrogen-bond acceptors (Lipinski definition) is 5. The number of oxazole rings is 1. The van der Waals surface area contributed by atoms with Crippen molar-refractivity contribution in [1.29, 1.82) is 0 Å². The van der Waals surface area contributed by atoms with Crippen molar-refractivity contribution in [3.05, 3.63) is 29.5 Å². The topological polar surface area (TPSA) is 71.7 Å². The Bertz CT molecular complexity index is 587. The van der Waals surface area contributed by atoms with E-state index < -0.39 is 0 Å². The number of nitrogens with zero attached hydrogens (tertiary/aromatic N) is 2. The highest BCUT2D eigenvalue weighted by molar-refractivity contribution is 14.0. The van der Waals surface area contributed by atoms with Gasteiger partial charge in [0.2, 0.25) is 5.89 Å². The maximum absolute atomic E-state index is 5.50. The van der Waals surface area contributed by atoms with E-state index in [0.717, 1.165) is 49.1 Å². The van der Waals surface area contributed by atoms with Crippen LogP contribution in [0.4, 0.5) is 0 Å². The van der Waals surface area contributed by atoms with Gasteiger partial charge in [0.25, 0.3) is 0 Å². The molecule has 0 atom stereocenters. The Kier molecular flexibility index (Phi) is 10.7. The van der Waals surface area contributed by atoms with Crippen LogP contribution in [0.15, 0.2) is 33.2 Å². The second kappa shape index (κ2) is 12.3. The molecule has 2 aromatic heterocycles. The van der Waals surface area contributed by atoms with E-state index in [1.807, 2.05) is 24.4 Å². The Morgan fingerprint density at radius 1 is 1.38 bits per heavy atom. The number of thiophene rings is 1. The Hall–Kier alpha value is -1.13. The lowest BCUT2D eigenvalue weighted by Crippen LogP contribution is -2.37. The second-order valence-corrected chi connectivity index (χ2v) is 5.83. The summed E-state index contributed by atoms with van der Waals surface area (Å²) in [6, 6.07) is 3.98. The Morgan fingerprint density at radius 3 is 2.96 bits per heavy atom. The van der Waals surface area contributed by atoms with Crippen LogP contribution in [0.3, 0.4) is 0 Å². The summed E-state index contributed by atoms with van der Waals surface area (Å²) in [5, 5.41) is 8.52. The van der Waals surface area contributed by atoms with E-state index in [2.05, 4.69) is 20.6 Å². The molecule has 0 amide bonds. The number of hydrogen-bond donors (Lipinski definition) is 2. The number of rotatable bonds is 9. The summed E-state index contributed by atoms with van der Waals surface area (Å²) >= 11 is 1.61. The molecule has 0 saturated carbocycles. The first kappa shape index (κ1) is 20.9. The fourth-order valence-corrected chi connectivity index (χ4v) is 2.63. The molecular formula is C16H25IN4O2S. The SMILES string of the molecule is CCOCCCCNC(=NC)NCc1coc(-c2cccs2)n1.I. The van der Waals surface area contributed by atoms with Gasteiger partial charge in [-0.2, -0.15) is 0 Å². The summed E-state index contributed by atoms with van der Waals surface area (Å²) in [6.45, 7) is 5.05. The number of ether oxygens (including phenoxy) is 1. The predicted molar refractivity (Wildman–Crippen MR) is 109 cm³/mol. The Labute approximate surface area is 164 Å². The minimum absolute atomic E-state index is 0. The molecule has 2 rings (SSSR count). The monoisotopic (exact) mass is 464 g/mol. The van der Waals surface area contributed by atoms with Crippen molar-refractivity contribution in [3.63, 3.8) is 0 Å². The molecule has 0 aliphatic heterocycles. The molecule has 8 heteroatoms. The van der Waals surface area contributed by atoms with E-state index >= 15 is 0 Å². The fourth-order valence-electron chi connectivity index (χ4n) is 1.98. The highest BCUT2D eigenvalue weighted by Crippen LogP contribution is 2.23. The molecule has 0 saturated heterocycles. The Morgan fingerprint density at radius 2 is 2.25 bits per heavy atom. The minimum Gasteiger partial charge on any atom is -0.443 e. The van der Waals surface area contributed by atoms with Gasteiger partial charge >= 0.3 is 0 Å². The third-order valence-electron chi connectivity index (χ3n) is 3.16. The first-order valence-corrected chi connectivity index (χ1v) is 8.72. The molecule has 0 spiro atoms. The number of unbranched alkanes of at least 4 members (excludes halogenated alkanes) is 1. The molecule has 2 aromatic rings. The summed E-state index contributed by atoms with van der Waals surface area (Å²) in [6.07, 6.45) is 3.77. The molecule has 0 aromatic carbocycles. The van der Waals surface area contributed by atoms with Gasteiger partial charge in [0.15, 0.2) is 5.96 Å². The Balaban J connectivity index is 0.00000288. The number of guanidine groups is 1. The van der Waals surface area contributed by atoms with Crippen molar-refractivity contribution in [2.24, 2.45) is 4.99 Å². The van der Waals surface area contributed by atoms with Gasteiger partial charge < -0.3 is 19.8 Å². The third-order valence-corrected chi connectivity index (χ3v) is 4.01. The molecule has 0 aliphatic carbocycles. The van der Waals surface area contributed by atoms with Crippen LogP contribution in [0.1, 0.15) is 25.5 Å². The van der Waals surface area contributed by atoms with Gasteiger partial charge in [0.1, 0.15) is 6.26 Å². The van der Waals surface area contributed by atoms with Crippen LogP contribution in [0, 0.1) is 0 Å². The molecule has 2 N–H and O–H groups in total. The molecule has 2 heterocycles. The average molecular weight is 464 g/mol. The van der Waals surface area contributed by atoms with Crippen LogP contribution in [0.5, 0.6) is 0 Å². The first-order valence-electron chi connectivity index (χ1n) is 7.84. The van der Waals surface area contributed by atoms with Crippen LogP contribution >= 0.6 is 35.3 Å². The van der Waals surface area contributed by atoms with Gasteiger partial charge in [-0.05, 0) is 31.2 Å². The largest absolute Gasteiger partial charge is 0.443 e. The minimum atomic E-state index is 0. The third kappa shape index (κ3) is 7.18. The standard InChI is InChI=1S/C16H24N4O2S.HI/c1-3-21-9-5-4-8-18-16(17-2)19-11-13-12-22-15(20-13)14-7-6-10-23-14;/h6-7,10,12H,3-5,8-9,11H2,1-2H3,(H2,17,18,19);1H. The lowest BCUT2D eigenvalue weighted by atomic mass is 10.3. The number of aliphatic imine (C=N–C) groups is 1. The van der Waals surface area contributed by atoms with Gasteiger partial charge in [-0.25, -0.2) is 4.98 Å². The summed E-state index contributed by atoms with van der Waals surface area (Å²) in [4.78, 5) is 9.71. The van der Waals surface area contributed by atoms with E-state index in [1.165, 1.54) is 0 Å². The summed E-state index contributed by atoms with van der Waals surface area (Å²) in [5.74, 6) is 1.43. The summed E-state index contributed by atoms with van der Waals surface area (Å²) in [5.41, 5.74) is 0.854. The number of halogens is 1. The number of aromatic nitrogens is 1. The van der Waals surface area contributed by atoms with Crippen LogP contribution in [-0.2, 0) is 11.3 Å². The van der Waals surface area contributed by atoms with E-state index in [0.29, 0.717) is 12.4 Å². The zero-order valence-electron chi connectivity index (χ0n) is 14.1. The molecule has 24 heavy (non-hydrogen) atoms. The van der Waals surface area contributed by atoms with Crippen molar-refractivity contribution >= 4 is 41.3 Å². The smallest absolute Gasteiger partial charge is 0.236 e. The van der Waals surface area contributed by atoms with Gasteiger partial charge in [-0.15, -0.1) is 35.3 Å². The quantitative estimate of drug-likeness (QED) is 0.257. The molecule has 0 fully saturated rings. The maximum atomic E-state index is 5.50. The normalized spacial score (nSPS) is 11.2. The van der Waals surface area contributed by atoms with Gasteiger partial charge in [0.05, 0.1) is 17.1 Å². The molecule has 0 radical (unpaired) electrons. The second-order valence-electron chi connectivity index (χ2n) is 4.88. The van der Waals surface area contributed by atoms with Gasteiger partial charge in [-0.3, -0.25) is 4.99 Å². The molecular weight excluding hydrogens is 439 g/mol. The van der Waals surface area contributed by atoms with E-state index in [1.54, 1.807) is 24.6 Å². The molecule has 0 aliphatic rings. The van der Waals surface area contributed by atoms with Gasteiger partial charge in [-0.1, -0.05) is 6.07 Å². The van der Waals surface area contributed by atoms with E-state index in [4.69, 9.17) is 9.15 Å². The molecule has 0 unspecified atom stereocenters. The predicted octanol–water partition coefficient (Wildman–Crippen LogP) is 3.50. The average Bonchev–Trinajstić information content (AvgIpc) is 3.24. The lowest BCUT2D eigenvalue weighted by molar-refractivity contribution is 0.143. The zero-order chi connectivity index (χ0) is 16.3. The van der Waals surface area contributed by atoms with Crippen molar-refractivity contribution < 1.29 is 9.15 Å². The summed E-state index contributed by atoms with van der Waals surface area (Å²) < 4.78 is 10.8. The number of nitrogens with one attached hydrogen (secondary N) is 2. The van der Waals surface area contributed by atoms with Crippen LogP contribution < -0.4 is 10.6 Å². The maximum Gasteiger partial charge on any atom is 0.236 e. The zero-order valence-corrected chi connectivity index (χ0v) is 17.2. The van der Waals surface area contributed by atoms with Crippen molar-refractivity contribution in [2.75, 3.05) is 26.8 Å².